The molecule has 0 bridgehead atoms. The van der Waals surface area contributed by atoms with Gasteiger partial charge in [0.2, 0.25) is 0 Å². The summed E-state index contributed by atoms with van der Waals surface area (Å²) in [5.41, 5.74) is 1.79. The van der Waals surface area contributed by atoms with Gasteiger partial charge in [-0.2, -0.15) is 9.97 Å². The number of nitrogens with zero attached hydrogens (tertiary/aromatic N) is 4. The Balaban J connectivity index is 1.64. The molecule has 0 spiro atoms. The SMILES string of the molecule is CCNc1nc(OCCc2cn3cc(Br)sc3n2)nc(Cl)c1C. The lowest BCUT2D eigenvalue weighted by Crippen LogP contribution is -2.08. The average molecular weight is 417 g/mol. The largest absolute Gasteiger partial charge is 0.463 e. The van der Waals surface area contributed by atoms with Crippen molar-refractivity contribution in [1.29, 1.82) is 0 Å². The van der Waals surface area contributed by atoms with Crippen LogP contribution in [0.1, 0.15) is 18.2 Å². The van der Waals surface area contributed by atoms with Gasteiger partial charge in [-0.05, 0) is 29.8 Å². The van der Waals surface area contributed by atoms with Gasteiger partial charge in [0, 0.05) is 30.9 Å². The molecule has 0 atom stereocenters. The van der Waals surface area contributed by atoms with Crippen LogP contribution in [-0.4, -0.2) is 32.5 Å². The summed E-state index contributed by atoms with van der Waals surface area (Å²) < 4.78 is 8.68. The van der Waals surface area contributed by atoms with E-state index in [1.165, 1.54) is 0 Å². The molecule has 0 aliphatic carbocycles. The number of halogens is 2. The quantitative estimate of drug-likeness (QED) is 0.616. The Hall–Kier alpha value is -1.38. The number of fused-ring (bicyclic) bond motifs is 1. The van der Waals surface area contributed by atoms with Gasteiger partial charge >= 0.3 is 6.01 Å². The lowest BCUT2D eigenvalue weighted by atomic mass is 10.3. The molecule has 0 saturated heterocycles. The highest BCUT2D eigenvalue weighted by molar-refractivity contribution is 9.11. The maximum atomic E-state index is 6.11. The van der Waals surface area contributed by atoms with Gasteiger partial charge in [-0.15, -0.1) is 0 Å². The normalized spacial score (nSPS) is 11.1. The van der Waals surface area contributed by atoms with Crippen molar-refractivity contribution >= 4 is 49.6 Å². The fourth-order valence-corrected chi connectivity index (χ4v) is 3.59. The number of ether oxygens (including phenoxy) is 1. The van der Waals surface area contributed by atoms with Gasteiger partial charge in [0.05, 0.1) is 16.1 Å². The molecule has 0 aliphatic rings. The number of thiazole rings is 1. The van der Waals surface area contributed by atoms with E-state index in [-0.39, 0.29) is 6.01 Å². The molecular weight excluding hydrogens is 402 g/mol. The standard InChI is InChI=1S/C14H15BrClN5OS/c1-3-17-12-8(2)11(16)19-13(20-12)22-5-4-9-6-21-7-10(15)23-14(21)18-9/h6-7H,3-5H2,1-2H3,(H,17,19,20). The molecule has 0 fully saturated rings. The molecule has 0 aromatic carbocycles. The van der Waals surface area contributed by atoms with E-state index in [1.54, 1.807) is 11.3 Å². The van der Waals surface area contributed by atoms with Crippen LogP contribution in [0, 0.1) is 6.92 Å². The van der Waals surface area contributed by atoms with E-state index in [1.807, 2.05) is 30.6 Å². The van der Waals surface area contributed by atoms with Crippen molar-refractivity contribution in [2.75, 3.05) is 18.5 Å². The summed E-state index contributed by atoms with van der Waals surface area (Å²) >= 11 is 11.1. The van der Waals surface area contributed by atoms with Crippen molar-refractivity contribution in [2.45, 2.75) is 20.3 Å². The topological polar surface area (TPSA) is 64.3 Å². The summed E-state index contributed by atoms with van der Waals surface area (Å²) in [6.07, 6.45) is 4.66. The van der Waals surface area contributed by atoms with Crippen LogP contribution in [0.5, 0.6) is 6.01 Å². The third-order valence-electron chi connectivity index (χ3n) is 3.18. The Bertz CT molecular complexity index is 803. The molecular formula is C14H15BrClN5OS. The van der Waals surface area contributed by atoms with Crippen molar-refractivity contribution < 1.29 is 4.74 Å². The number of hydrogen-bond acceptors (Lipinski definition) is 6. The van der Waals surface area contributed by atoms with E-state index < -0.39 is 0 Å². The highest BCUT2D eigenvalue weighted by atomic mass is 79.9. The molecule has 0 amide bonds. The molecule has 23 heavy (non-hydrogen) atoms. The van der Waals surface area contributed by atoms with Gasteiger partial charge in [-0.1, -0.05) is 22.9 Å². The minimum Gasteiger partial charge on any atom is -0.463 e. The second kappa shape index (κ2) is 7.02. The van der Waals surface area contributed by atoms with Crippen LogP contribution in [0.2, 0.25) is 5.15 Å². The molecule has 3 heterocycles. The molecule has 0 radical (unpaired) electrons. The molecule has 3 aromatic heterocycles. The number of imidazole rings is 1. The summed E-state index contributed by atoms with van der Waals surface area (Å²) in [7, 11) is 0. The summed E-state index contributed by atoms with van der Waals surface area (Å²) in [5.74, 6) is 0.704. The van der Waals surface area contributed by atoms with Gasteiger partial charge < -0.3 is 10.1 Å². The molecule has 0 aliphatic heterocycles. The first-order valence-corrected chi connectivity index (χ1v) is 9.09. The van der Waals surface area contributed by atoms with E-state index in [2.05, 4.69) is 36.2 Å². The van der Waals surface area contributed by atoms with Crippen molar-refractivity contribution in [2.24, 2.45) is 0 Å². The highest BCUT2D eigenvalue weighted by Gasteiger charge is 2.10. The monoisotopic (exact) mass is 415 g/mol. The summed E-state index contributed by atoms with van der Waals surface area (Å²) in [6.45, 7) is 5.07. The number of anilines is 1. The maximum absolute atomic E-state index is 6.11. The van der Waals surface area contributed by atoms with Gasteiger partial charge in [0.1, 0.15) is 11.0 Å². The van der Waals surface area contributed by atoms with Crippen LogP contribution in [0.25, 0.3) is 4.96 Å². The van der Waals surface area contributed by atoms with Gasteiger partial charge in [0.15, 0.2) is 4.96 Å². The predicted molar refractivity (Wildman–Crippen MR) is 95.9 cm³/mol. The molecule has 6 nitrogen and oxygen atoms in total. The number of hydrogen-bond donors (Lipinski definition) is 1. The van der Waals surface area contributed by atoms with E-state index in [4.69, 9.17) is 16.3 Å². The molecule has 0 saturated carbocycles. The molecule has 3 aromatic rings. The zero-order valence-corrected chi connectivity index (χ0v) is 15.8. The van der Waals surface area contributed by atoms with Gasteiger partial charge in [-0.3, -0.25) is 4.40 Å². The first kappa shape index (κ1) is 16.5. The minimum absolute atomic E-state index is 0.278. The Morgan fingerprint density at radius 3 is 2.91 bits per heavy atom. The van der Waals surface area contributed by atoms with Crippen molar-refractivity contribution in [3.05, 3.63) is 32.6 Å². The van der Waals surface area contributed by atoms with Crippen LogP contribution in [-0.2, 0) is 6.42 Å². The van der Waals surface area contributed by atoms with E-state index in [0.29, 0.717) is 24.0 Å². The first-order chi connectivity index (χ1) is 11.1. The predicted octanol–water partition coefficient (Wildman–Crippen LogP) is 3.96. The first-order valence-electron chi connectivity index (χ1n) is 7.10. The third kappa shape index (κ3) is 3.76. The lowest BCUT2D eigenvalue weighted by molar-refractivity contribution is 0.295. The number of aromatic nitrogens is 4. The third-order valence-corrected chi connectivity index (χ3v) is 5.02. The average Bonchev–Trinajstić information content (AvgIpc) is 3.01. The molecule has 1 N–H and O–H groups in total. The Labute approximate surface area is 151 Å². The zero-order valence-electron chi connectivity index (χ0n) is 12.6. The Morgan fingerprint density at radius 2 is 2.17 bits per heavy atom. The molecule has 9 heteroatoms. The van der Waals surface area contributed by atoms with Gasteiger partial charge in [0.25, 0.3) is 0 Å². The Morgan fingerprint density at radius 1 is 1.35 bits per heavy atom. The van der Waals surface area contributed by atoms with Crippen LogP contribution >= 0.6 is 38.9 Å². The smallest absolute Gasteiger partial charge is 0.319 e. The van der Waals surface area contributed by atoms with E-state index >= 15 is 0 Å². The number of rotatable bonds is 6. The van der Waals surface area contributed by atoms with Crippen molar-refractivity contribution in [3.63, 3.8) is 0 Å². The molecule has 3 rings (SSSR count). The number of nitrogens with one attached hydrogen (secondary N) is 1. The van der Waals surface area contributed by atoms with Crippen LogP contribution in [0.15, 0.2) is 16.2 Å². The minimum atomic E-state index is 0.278. The second-order valence-corrected chi connectivity index (χ2v) is 7.60. The van der Waals surface area contributed by atoms with Crippen molar-refractivity contribution in [1.82, 2.24) is 19.4 Å². The summed E-state index contributed by atoms with van der Waals surface area (Å²) in [6, 6.07) is 0.278. The van der Waals surface area contributed by atoms with Crippen LogP contribution in [0.3, 0.4) is 0 Å². The zero-order chi connectivity index (χ0) is 16.4. The van der Waals surface area contributed by atoms with Crippen LogP contribution < -0.4 is 10.1 Å². The van der Waals surface area contributed by atoms with Crippen LogP contribution in [0.4, 0.5) is 5.82 Å². The fraction of sp³-hybridized carbons (Fsp3) is 0.357. The Kier molecular flexibility index (Phi) is 5.03. The summed E-state index contributed by atoms with van der Waals surface area (Å²) in [4.78, 5) is 14.0. The highest BCUT2D eigenvalue weighted by Crippen LogP contribution is 2.24. The lowest BCUT2D eigenvalue weighted by Gasteiger charge is -2.10. The van der Waals surface area contributed by atoms with E-state index in [9.17, 15) is 0 Å². The molecule has 0 unspecified atom stereocenters. The van der Waals surface area contributed by atoms with E-state index in [0.717, 1.165) is 26.5 Å². The second-order valence-electron chi connectivity index (χ2n) is 4.86. The molecule has 122 valence electrons. The maximum Gasteiger partial charge on any atom is 0.319 e. The van der Waals surface area contributed by atoms with Crippen molar-refractivity contribution in [3.8, 4) is 6.01 Å². The van der Waals surface area contributed by atoms with Gasteiger partial charge in [-0.25, -0.2) is 4.98 Å². The fourth-order valence-electron chi connectivity index (χ4n) is 2.06. The summed E-state index contributed by atoms with van der Waals surface area (Å²) in [5, 5.41) is 3.55.